The van der Waals surface area contributed by atoms with Crippen LogP contribution in [0.1, 0.15) is 44.2 Å². The molecule has 1 saturated carbocycles. The van der Waals surface area contributed by atoms with Gasteiger partial charge in [0.1, 0.15) is 5.82 Å². The number of halogens is 1. The van der Waals surface area contributed by atoms with Crippen molar-refractivity contribution in [3.63, 3.8) is 0 Å². The van der Waals surface area contributed by atoms with E-state index in [2.05, 4.69) is 10.6 Å². The van der Waals surface area contributed by atoms with Gasteiger partial charge in [0.25, 0.3) is 0 Å². The second kappa shape index (κ2) is 7.20. The van der Waals surface area contributed by atoms with Gasteiger partial charge in [0.2, 0.25) is 5.91 Å². The van der Waals surface area contributed by atoms with Gasteiger partial charge in [-0.1, -0.05) is 18.2 Å². The van der Waals surface area contributed by atoms with Crippen LogP contribution in [0, 0.1) is 11.7 Å². The molecule has 1 aliphatic heterocycles. The number of urea groups is 1. The maximum Gasteiger partial charge on any atom is 0.317 e. The number of nitrogens with one attached hydrogen (secondary N) is 2. The molecule has 1 atom stereocenters. The molecule has 6 heteroatoms. The highest BCUT2D eigenvalue weighted by Gasteiger charge is 2.31. The molecular formula is C18H24FN3O2. The zero-order chi connectivity index (χ0) is 17.1. The maximum atomic E-state index is 13.8. The van der Waals surface area contributed by atoms with E-state index in [9.17, 15) is 14.0 Å². The molecule has 1 heterocycles. The summed E-state index contributed by atoms with van der Waals surface area (Å²) in [6.45, 7) is 2.96. The normalized spacial score (nSPS) is 19.7. The van der Waals surface area contributed by atoms with E-state index in [1.807, 2.05) is 0 Å². The molecule has 3 amide bonds. The van der Waals surface area contributed by atoms with E-state index < -0.39 is 0 Å². The van der Waals surface area contributed by atoms with Crippen LogP contribution in [0.15, 0.2) is 24.3 Å². The van der Waals surface area contributed by atoms with Gasteiger partial charge in [0, 0.05) is 30.6 Å². The highest BCUT2D eigenvalue weighted by Crippen LogP contribution is 2.23. The van der Waals surface area contributed by atoms with Crippen molar-refractivity contribution in [2.45, 2.75) is 44.7 Å². The van der Waals surface area contributed by atoms with Crippen molar-refractivity contribution in [1.29, 1.82) is 0 Å². The lowest BCUT2D eigenvalue weighted by molar-refractivity contribution is -0.126. The van der Waals surface area contributed by atoms with Gasteiger partial charge in [-0.15, -0.1) is 0 Å². The van der Waals surface area contributed by atoms with Gasteiger partial charge >= 0.3 is 6.03 Å². The largest absolute Gasteiger partial charge is 0.349 e. The Morgan fingerprint density at radius 2 is 1.83 bits per heavy atom. The zero-order valence-electron chi connectivity index (χ0n) is 13.9. The Kier molecular flexibility index (Phi) is 5.02. The summed E-state index contributed by atoms with van der Waals surface area (Å²) in [6, 6.07) is 6.44. The summed E-state index contributed by atoms with van der Waals surface area (Å²) in [7, 11) is 0. The van der Waals surface area contributed by atoms with Gasteiger partial charge in [0.15, 0.2) is 0 Å². The molecule has 0 spiro atoms. The van der Waals surface area contributed by atoms with E-state index in [1.54, 1.807) is 30.0 Å². The Hall–Kier alpha value is -2.11. The van der Waals surface area contributed by atoms with E-state index in [0.717, 1.165) is 12.8 Å². The van der Waals surface area contributed by atoms with Crippen LogP contribution in [0.25, 0.3) is 0 Å². The van der Waals surface area contributed by atoms with Crippen molar-refractivity contribution in [3.8, 4) is 0 Å². The molecule has 3 rings (SSSR count). The number of carbonyl (C=O) groups excluding carboxylic acids is 2. The van der Waals surface area contributed by atoms with Gasteiger partial charge < -0.3 is 15.5 Å². The van der Waals surface area contributed by atoms with Crippen LogP contribution in [0.2, 0.25) is 0 Å². The summed E-state index contributed by atoms with van der Waals surface area (Å²) in [5.74, 6) is -0.492. The number of likely N-dealkylation sites (tertiary alicyclic amines) is 1. The van der Waals surface area contributed by atoms with E-state index in [4.69, 9.17) is 0 Å². The Morgan fingerprint density at radius 1 is 1.17 bits per heavy atom. The lowest BCUT2D eigenvalue weighted by Gasteiger charge is -2.32. The molecule has 1 aromatic rings. The summed E-state index contributed by atoms with van der Waals surface area (Å²) in [5, 5.41) is 5.87. The minimum Gasteiger partial charge on any atom is -0.349 e. The highest BCUT2D eigenvalue weighted by molar-refractivity contribution is 5.80. The van der Waals surface area contributed by atoms with Crippen molar-refractivity contribution in [1.82, 2.24) is 15.5 Å². The number of piperidine rings is 1. The Morgan fingerprint density at radius 3 is 2.46 bits per heavy atom. The van der Waals surface area contributed by atoms with Crippen molar-refractivity contribution >= 4 is 11.9 Å². The lowest BCUT2D eigenvalue weighted by atomic mass is 9.95. The van der Waals surface area contributed by atoms with Crippen LogP contribution in [0.4, 0.5) is 9.18 Å². The fourth-order valence-corrected chi connectivity index (χ4v) is 3.07. The number of hydrogen-bond acceptors (Lipinski definition) is 2. The third-order valence-corrected chi connectivity index (χ3v) is 4.79. The monoisotopic (exact) mass is 333 g/mol. The quantitative estimate of drug-likeness (QED) is 0.890. The molecule has 2 aliphatic rings. The number of carbonyl (C=O) groups is 2. The molecule has 1 unspecified atom stereocenters. The van der Waals surface area contributed by atoms with E-state index in [1.165, 1.54) is 6.07 Å². The molecule has 1 aliphatic carbocycles. The Labute approximate surface area is 141 Å². The molecule has 0 bridgehead atoms. The van der Waals surface area contributed by atoms with Gasteiger partial charge in [-0.3, -0.25) is 4.79 Å². The van der Waals surface area contributed by atoms with Crippen molar-refractivity contribution in [3.05, 3.63) is 35.6 Å². The van der Waals surface area contributed by atoms with Crippen LogP contribution in [0.3, 0.4) is 0 Å². The molecule has 2 fully saturated rings. The minimum absolute atomic E-state index is 0.0175. The van der Waals surface area contributed by atoms with Crippen molar-refractivity contribution < 1.29 is 14.0 Å². The SMILES string of the molecule is CC(NC(=O)C1CCN(C(=O)NC2CC2)CC1)c1ccccc1F. The van der Waals surface area contributed by atoms with E-state index in [0.29, 0.717) is 37.5 Å². The molecular weight excluding hydrogens is 309 g/mol. The fraction of sp³-hybridized carbons (Fsp3) is 0.556. The van der Waals surface area contributed by atoms with Gasteiger partial charge in [0.05, 0.1) is 6.04 Å². The first-order valence-corrected chi connectivity index (χ1v) is 8.65. The van der Waals surface area contributed by atoms with E-state index >= 15 is 0 Å². The third kappa shape index (κ3) is 4.04. The summed E-state index contributed by atoms with van der Waals surface area (Å²) in [5.41, 5.74) is 0.493. The number of rotatable bonds is 4. The van der Waals surface area contributed by atoms with Crippen LogP contribution in [-0.4, -0.2) is 36.0 Å². The first-order chi connectivity index (χ1) is 11.5. The highest BCUT2D eigenvalue weighted by atomic mass is 19.1. The Bertz CT molecular complexity index is 610. The predicted octanol–water partition coefficient (Wildman–Crippen LogP) is 2.59. The van der Waals surface area contributed by atoms with Crippen LogP contribution in [-0.2, 0) is 4.79 Å². The standard InChI is InChI=1S/C18H24FN3O2/c1-12(15-4-2-3-5-16(15)19)20-17(23)13-8-10-22(11-9-13)18(24)21-14-6-7-14/h2-5,12-14H,6-11H2,1H3,(H,20,23)(H,21,24). The molecule has 1 saturated heterocycles. The van der Waals surface area contributed by atoms with Crippen LogP contribution >= 0.6 is 0 Å². The molecule has 0 radical (unpaired) electrons. The summed E-state index contributed by atoms with van der Waals surface area (Å²) < 4.78 is 13.8. The smallest absolute Gasteiger partial charge is 0.317 e. The first kappa shape index (κ1) is 16.7. The lowest BCUT2D eigenvalue weighted by Crippen LogP contribution is -2.47. The first-order valence-electron chi connectivity index (χ1n) is 8.65. The topological polar surface area (TPSA) is 61.4 Å². The number of amides is 3. The number of nitrogens with zero attached hydrogens (tertiary/aromatic N) is 1. The fourth-order valence-electron chi connectivity index (χ4n) is 3.07. The molecule has 1 aromatic carbocycles. The average molecular weight is 333 g/mol. The van der Waals surface area contributed by atoms with Crippen molar-refractivity contribution in [2.75, 3.05) is 13.1 Å². The van der Waals surface area contributed by atoms with E-state index in [-0.39, 0.29) is 29.7 Å². The predicted molar refractivity (Wildman–Crippen MR) is 88.8 cm³/mol. The second-order valence-electron chi connectivity index (χ2n) is 6.74. The molecule has 0 aromatic heterocycles. The molecule has 24 heavy (non-hydrogen) atoms. The van der Waals surface area contributed by atoms with Crippen molar-refractivity contribution in [2.24, 2.45) is 5.92 Å². The van der Waals surface area contributed by atoms with Gasteiger partial charge in [-0.05, 0) is 38.7 Å². The number of benzene rings is 1. The van der Waals surface area contributed by atoms with Gasteiger partial charge in [-0.25, -0.2) is 9.18 Å². The summed E-state index contributed by atoms with van der Waals surface area (Å²) in [4.78, 5) is 26.2. The summed E-state index contributed by atoms with van der Waals surface area (Å²) >= 11 is 0. The number of hydrogen-bond donors (Lipinski definition) is 2. The molecule has 2 N–H and O–H groups in total. The maximum absolute atomic E-state index is 13.8. The zero-order valence-corrected chi connectivity index (χ0v) is 13.9. The van der Waals surface area contributed by atoms with Gasteiger partial charge in [-0.2, -0.15) is 0 Å². The third-order valence-electron chi connectivity index (χ3n) is 4.79. The van der Waals surface area contributed by atoms with Crippen LogP contribution < -0.4 is 10.6 Å². The van der Waals surface area contributed by atoms with Crippen LogP contribution in [0.5, 0.6) is 0 Å². The summed E-state index contributed by atoms with van der Waals surface area (Å²) in [6.07, 6.45) is 3.43. The second-order valence-corrected chi connectivity index (χ2v) is 6.74. The minimum atomic E-state index is -0.366. The average Bonchev–Trinajstić information content (AvgIpc) is 3.39. The Balaban J connectivity index is 1.48. The molecule has 5 nitrogen and oxygen atoms in total. The molecule has 130 valence electrons.